The first kappa shape index (κ1) is 11.9. The highest BCUT2D eigenvalue weighted by molar-refractivity contribution is 9.10. The van der Waals surface area contributed by atoms with E-state index in [-0.39, 0.29) is 0 Å². The molecule has 0 spiro atoms. The van der Waals surface area contributed by atoms with Gasteiger partial charge in [0.15, 0.2) is 0 Å². The number of rotatable bonds is 3. The lowest BCUT2D eigenvalue weighted by Gasteiger charge is -2.12. The molecule has 1 N–H and O–H groups in total. The second-order valence-corrected chi connectivity index (χ2v) is 5.28. The zero-order valence-electron chi connectivity index (χ0n) is 9.85. The van der Waals surface area contributed by atoms with Crippen LogP contribution in [0.3, 0.4) is 0 Å². The third kappa shape index (κ3) is 2.58. The minimum Gasteiger partial charge on any atom is -0.496 e. The van der Waals surface area contributed by atoms with Crippen LogP contribution in [-0.4, -0.2) is 20.2 Å². The maximum absolute atomic E-state index is 5.37. The van der Waals surface area contributed by atoms with Gasteiger partial charge >= 0.3 is 0 Å². The molecule has 0 aliphatic carbocycles. The third-order valence-electron chi connectivity index (χ3n) is 3.19. The summed E-state index contributed by atoms with van der Waals surface area (Å²) >= 11 is 3.55. The molecule has 3 heteroatoms. The molecular weight excluding hydrogens is 266 g/mol. The second-order valence-electron chi connectivity index (χ2n) is 4.49. The molecule has 2 rings (SSSR count). The van der Waals surface area contributed by atoms with E-state index in [9.17, 15) is 0 Å². The molecule has 1 aliphatic rings. The standard InChI is InChI=1S/C13H18BrNO/c1-9-5-11(6-10-3-4-15-8-10)7-12(16-2)13(9)14/h5,7,10,15H,3-4,6,8H2,1-2H3. The van der Waals surface area contributed by atoms with Crippen LogP contribution in [-0.2, 0) is 6.42 Å². The maximum Gasteiger partial charge on any atom is 0.133 e. The monoisotopic (exact) mass is 283 g/mol. The van der Waals surface area contributed by atoms with Crippen LogP contribution in [0.5, 0.6) is 5.75 Å². The van der Waals surface area contributed by atoms with E-state index in [4.69, 9.17) is 4.74 Å². The zero-order chi connectivity index (χ0) is 11.5. The molecule has 1 aromatic rings. The van der Waals surface area contributed by atoms with Crippen molar-refractivity contribution < 1.29 is 4.74 Å². The SMILES string of the molecule is COc1cc(CC2CCNC2)cc(C)c1Br. The van der Waals surface area contributed by atoms with Crippen LogP contribution >= 0.6 is 15.9 Å². The fourth-order valence-electron chi connectivity index (χ4n) is 2.30. The van der Waals surface area contributed by atoms with Crippen molar-refractivity contribution in [1.82, 2.24) is 5.32 Å². The molecule has 88 valence electrons. The van der Waals surface area contributed by atoms with E-state index in [0.717, 1.165) is 35.7 Å². The first-order chi connectivity index (χ1) is 7.70. The van der Waals surface area contributed by atoms with Crippen molar-refractivity contribution in [3.8, 4) is 5.75 Å². The Morgan fingerprint density at radius 3 is 2.94 bits per heavy atom. The van der Waals surface area contributed by atoms with Gasteiger partial charge in [0.1, 0.15) is 5.75 Å². The van der Waals surface area contributed by atoms with Crippen molar-refractivity contribution in [3.05, 3.63) is 27.7 Å². The lowest BCUT2D eigenvalue weighted by Crippen LogP contribution is -2.10. The Bertz CT molecular complexity index is 372. The van der Waals surface area contributed by atoms with Crippen LogP contribution in [0.25, 0.3) is 0 Å². The highest BCUT2D eigenvalue weighted by Gasteiger charge is 2.16. The van der Waals surface area contributed by atoms with Gasteiger partial charge in [-0.2, -0.15) is 0 Å². The van der Waals surface area contributed by atoms with E-state index < -0.39 is 0 Å². The molecule has 1 fully saturated rings. The topological polar surface area (TPSA) is 21.3 Å². The van der Waals surface area contributed by atoms with Gasteiger partial charge in [-0.15, -0.1) is 0 Å². The van der Waals surface area contributed by atoms with E-state index in [1.54, 1.807) is 7.11 Å². The Labute approximate surface area is 106 Å². The number of benzene rings is 1. The normalized spacial score (nSPS) is 20.1. The molecule has 1 unspecified atom stereocenters. The van der Waals surface area contributed by atoms with Crippen LogP contribution in [0.4, 0.5) is 0 Å². The van der Waals surface area contributed by atoms with Gasteiger partial charge in [0, 0.05) is 0 Å². The van der Waals surface area contributed by atoms with Crippen LogP contribution in [0.15, 0.2) is 16.6 Å². The van der Waals surface area contributed by atoms with E-state index in [1.165, 1.54) is 17.5 Å². The van der Waals surface area contributed by atoms with E-state index in [1.807, 2.05) is 0 Å². The predicted octanol–water partition coefficient (Wildman–Crippen LogP) is 2.92. The highest BCUT2D eigenvalue weighted by atomic mass is 79.9. The largest absolute Gasteiger partial charge is 0.496 e. The average Bonchev–Trinajstić information content (AvgIpc) is 2.76. The molecule has 1 aliphatic heterocycles. The summed E-state index contributed by atoms with van der Waals surface area (Å²) in [7, 11) is 1.72. The average molecular weight is 284 g/mol. The first-order valence-electron chi connectivity index (χ1n) is 5.74. The van der Waals surface area contributed by atoms with Gasteiger partial charge in [0.05, 0.1) is 11.6 Å². The highest BCUT2D eigenvalue weighted by Crippen LogP contribution is 2.31. The third-order valence-corrected chi connectivity index (χ3v) is 4.20. The van der Waals surface area contributed by atoms with Crippen LogP contribution < -0.4 is 10.1 Å². The van der Waals surface area contributed by atoms with Crippen LogP contribution in [0.2, 0.25) is 0 Å². The zero-order valence-corrected chi connectivity index (χ0v) is 11.4. The summed E-state index contributed by atoms with van der Waals surface area (Å²) in [6.45, 7) is 4.43. The van der Waals surface area contributed by atoms with Crippen LogP contribution in [0, 0.1) is 12.8 Å². The molecule has 1 atom stereocenters. The summed E-state index contributed by atoms with van der Waals surface area (Å²) in [5, 5.41) is 3.41. The fraction of sp³-hybridized carbons (Fsp3) is 0.538. The van der Waals surface area contributed by atoms with Gasteiger partial charge in [-0.25, -0.2) is 0 Å². The number of ether oxygens (including phenoxy) is 1. The summed E-state index contributed by atoms with van der Waals surface area (Å²) in [5.41, 5.74) is 2.63. The summed E-state index contributed by atoms with van der Waals surface area (Å²) in [6, 6.07) is 4.40. The van der Waals surface area contributed by atoms with E-state index in [2.05, 4.69) is 40.3 Å². The maximum atomic E-state index is 5.37. The minimum absolute atomic E-state index is 0.783. The minimum atomic E-state index is 0.783. The predicted molar refractivity (Wildman–Crippen MR) is 70.1 cm³/mol. The van der Waals surface area contributed by atoms with Gasteiger partial charge in [0.2, 0.25) is 0 Å². The molecule has 1 aromatic carbocycles. The molecule has 2 nitrogen and oxygen atoms in total. The van der Waals surface area contributed by atoms with Gasteiger partial charge < -0.3 is 10.1 Å². The number of methoxy groups -OCH3 is 1. The Hall–Kier alpha value is -0.540. The lowest BCUT2D eigenvalue weighted by atomic mass is 9.97. The molecule has 0 radical (unpaired) electrons. The smallest absolute Gasteiger partial charge is 0.133 e. The quantitative estimate of drug-likeness (QED) is 0.921. The van der Waals surface area contributed by atoms with Crippen molar-refractivity contribution in [2.24, 2.45) is 5.92 Å². The van der Waals surface area contributed by atoms with E-state index >= 15 is 0 Å². The van der Waals surface area contributed by atoms with Gasteiger partial charge in [-0.05, 0) is 71.9 Å². The van der Waals surface area contributed by atoms with Crippen molar-refractivity contribution in [3.63, 3.8) is 0 Å². The van der Waals surface area contributed by atoms with Crippen molar-refractivity contribution in [1.29, 1.82) is 0 Å². The molecule has 0 amide bonds. The Morgan fingerprint density at radius 2 is 2.31 bits per heavy atom. The number of aryl methyl sites for hydroxylation is 1. The fourth-order valence-corrected chi connectivity index (χ4v) is 2.69. The molecule has 1 saturated heterocycles. The summed E-state index contributed by atoms with van der Waals surface area (Å²) < 4.78 is 6.44. The van der Waals surface area contributed by atoms with Gasteiger partial charge in [0.25, 0.3) is 0 Å². The summed E-state index contributed by atoms with van der Waals surface area (Å²) in [6.07, 6.45) is 2.44. The lowest BCUT2D eigenvalue weighted by molar-refractivity contribution is 0.410. The number of hydrogen-bond acceptors (Lipinski definition) is 2. The molecule has 0 bridgehead atoms. The molecular formula is C13H18BrNO. The van der Waals surface area contributed by atoms with Crippen molar-refractivity contribution >= 4 is 15.9 Å². The van der Waals surface area contributed by atoms with Gasteiger partial charge in [-0.1, -0.05) is 6.07 Å². The van der Waals surface area contributed by atoms with Crippen molar-refractivity contribution in [2.45, 2.75) is 19.8 Å². The van der Waals surface area contributed by atoms with Crippen molar-refractivity contribution in [2.75, 3.05) is 20.2 Å². The molecule has 16 heavy (non-hydrogen) atoms. The number of halogens is 1. The Kier molecular flexibility index (Phi) is 3.87. The van der Waals surface area contributed by atoms with E-state index in [0.29, 0.717) is 0 Å². The summed E-state index contributed by atoms with van der Waals surface area (Å²) in [4.78, 5) is 0. The van der Waals surface area contributed by atoms with Crippen LogP contribution in [0.1, 0.15) is 17.5 Å². The second kappa shape index (κ2) is 5.19. The Morgan fingerprint density at radius 1 is 1.50 bits per heavy atom. The number of hydrogen-bond donors (Lipinski definition) is 1. The Balaban J connectivity index is 2.17. The summed E-state index contributed by atoms with van der Waals surface area (Å²) in [5.74, 6) is 1.73. The molecule has 0 saturated carbocycles. The number of nitrogens with one attached hydrogen (secondary N) is 1. The molecule has 1 heterocycles. The first-order valence-corrected chi connectivity index (χ1v) is 6.53. The molecule has 0 aromatic heterocycles. The van der Waals surface area contributed by atoms with Gasteiger partial charge in [-0.3, -0.25) is 0 Å².